The molecule has 0 unspecified atom stereocenters. The van der Waals surface area contributed by atoms with Gasteiger partial charge >= 0.3 is 8.38 Å². The largest absolute Gasteiger partial charge is 0.435 e. The van der Waals surface area contributed by atoms with Crippen LogP contribution < -0.4 is 9.05 Å². The molecule has 0 saturated carbocycles. The summed E-state index contributed by atoms with van der Waals surface area (Å²) < 4.78 is 12.1. The van der Waals surface area contributed by atoms with Gasteiger partial charge < -0.3 is 9.05 Å². The summed E-state index contributed by atoms with van der Waals surface area (Å²) in [5.41, 5.74) is 3.24. The van der Waals surface area contributed by atoms with Crippen molar-refractivity contribution in [3.05, 3.63) is 77.8 Å². The summed E-state index contributed by atoms with van der Waals surface area (Å²) in [5, 5.41) is 1.04. The molecule has 0 radical (unpaired) electrons. The highest BCUT2D eigenvalue weighted by Gasteiger charge is 2.19. The highest BCUT2D eigenvalue weighted by atomic mass is 31.2. The van der Waals surface area contributed by atoms with Gasteiger partial charge in [-0.3, -0.25) is 0 Å². The van der Waals surface area contributed by atoms with E-state index in [1.54, 1.807) is 0 Å². The maximum absolute atomic E-state index is 6.05. The molecule has 0 atom stereocenters. The lowest BCUT2D eigenvalue weighted by atomic mass is 10.3. The van der Waals surface area contributed by atoms with Crippen molar-refractivity contribution in [2.75, 3.05) is 0 Å². The van der Waals surface area contributed by atoms with Gasteiger partial charge in [0, 0.05) is 0 Å². The number of para-hydroxylation sites is 2. The highest BCUT2D eigenvalue weighted by molar-refractivity contribution is 7.52. The summed E-state index contributed by atoms with van der Waals surface area (Å²) in [6.45, 7) is 4.04. The van der Waals surface area contributed by atoms with Gasteiger partial charge in [-0.15, -0.1) is 5.73 Å². The second-order valence-electron chi connectivity index (χ2n) is 4.30. The molecule has 0 aromatic heterocycles. The van der Waals surface area contributed by atoms with Gasteiger partial charge in [0.1, 0.15) is 11.5 Å². The average molecular weight is 298 g/mol. The third kappa shape index (κ3) is 4.79. The van der Waals surface area contributed by atoms with Gasteiger partial charge in [0.25, 0.3) is 0 Å². The van der Waals surface area contributed by atoms with Crippen LogP contribution in [0.3, 0.4) is 0 Å². The first kappa shape index (κ1) is 15.4. The minimum atomic E-state index is -1.21. The minimum Gasteiger partial charge on any atom is -0.435 e. The van der Waals surface area contributed by atoms with Gasteiger partial charge in [-0.2, -0.15) is 0 Å². The van der Waals surface area contributed by atoms with Crippen LogP contribution >= 0.6 is 8.38 Å². The molecule has 2 nitrogen and oxygen atoms in total. The normalized spacial score (nSPS) is 9.86. The summed E-state index contributed by atoms with van der Waals surface area (Å²) in [6, 6.07) is 19.5. The number of allylic oxidation sites excluding steroid dienone is 1. The summed E-state index contributed by atoms with van der Waals surface area (Å²) in [6.07, 6.45) is 2.74. The summed E-state index contributed by atoms with van der Waals surface area (Å²) in [7, 11) is -1.21. The van der Waals surface area contributed by atoms with Crippen LogP contribution in [-0.2, 0) is 0 Å². The van der Waals surface area contributed by atoms with Crippen LogP contribution in [0.1, 0.15) is 20.3 Å². The predicted molar refractivity (Wildman–Crippen MR) is 88.6 cm³/mol. The minimum absolute atomic E-state index is 0.809. The van der Waals surface area contributed by atoms with Crippen LogP contribution in [0.25, 0.3) is 0 Å². The van der Waals surface area contributed by atoms with E-state index in [0.29, 0.717) is 0 Å². The third-order valence-corrected chi connectivity index (χ3v) is 4.37. The van der Waals surface area contributed by atoms with Gasteiger partial charge in [0.2, 0.25) is 0 Å². The first-order chi connectivity index (χ1) is 10.3. The first-order valence-corrected chi connectivity index (χ1v) is 8.17. The van der Waals surface area contributed by atoms with Gasteiger partial charge in [0.05, 0.1) is 5.31 Å². The molecule has 0 saturated heterocycles. The van der Waals surface area contributed by atoms with Crippen LogP contribution in [0.2, 0.25) is 0 Å². The lowest BCUT2D eigenvalue weighted by molar-refractivity contribution is 0.496. The number of hydrogen-bond donors (Lipinski definition) is 0. The van der Waals surface area contributed by atoms with Crippen molar-refractivity contribution in [2.24, 2.45) is 0 Å². The Labute approximate surface area is 127 Å². The van der Waals surface area contributed by atoms with E-state index in [1.165, 1.54) is 0 Å². The fraction of sp³-hybridized carbons (Fsp3) is 0.167. The van der Waals surface area contributed by atoms with E-state index in [2.05, 4.69) is 12.7 Å². The molecule has 0 bridgehead atoms. The average Bonchev–Trinajstić information content (AvgIpc) is 2.54. The van der Waals surface area contributed by atoms with E-state index in [1.807, 2.05) is 73.7 Å². The molecule has 0 aliphatic heterocycles. The summed E-state index contributed by atoms with van der Waals surface area (Å²) >= 11 is 0. The number of rotatable bonds is 6. The lowest BCUT2D eigenvalue weighted by Gasteiger charge is -2.19. The smallest absolute Gasteiger partial charge is 0.330 e. The van der Waals surface area contributed by atoms with E-state index in [0.717, 1.165) is 23.2 Å². The molecule has 0 aliphatic carbocycles. The van der Waals surface area contributed by atoms with Crippen LogP contribution in [0.5, 0.6) is 11.5 Å². The Morgan fingerprint density at radius 2 is 1.43 bits per heavy atom. The molecule has 2 rings (SSSR count). The van der Waals surface area contributed by atoms with Crippen LogP contribution in [-0.4, -0.2) is 0 Å². The molecule has 0 amide bonds. The van der Waals surface area contributed by atoms with Crippen molar-refractivity contribution in [1.82, 2.24) is 0 Å². The van der Waals surface area contributed by atoms with Crippen molar-refractivity contribution >= 4 is 8.38 Å². The third-order valence-electron chi connectivity index (χ3n) is 2.73. The Morgan fingerprint density at radius 3 is 1.81 bits per heavy atom. The Balaban J connectivity index is 2.24. The molecule has 108 valence electrons. The second-order valence-corrected chi connectivity index (χ2v) is 5.72. The standard InChI is InChI=1S/C18H19O2P/c1-3-11-18(4-2)21(19-16-12-7-5-8-13-16)20-17-14-9-6-10-15-17/h3,5-10,12-15H,4H2,1-2H3. The second kappa shape index (κ2) is 8.32. The van der Waals surface area contributed by atoms with Crippen LogP contribution in [0.4, 0.5) is 0 Å². The SMILES string of the molecule is CC=C=C(CC)P(Oc1ccccc1)Oc1ccccc1. The first-order valence-electron chi connectivity index (χ1n) is 7.00. The fourth-order valence-corrected chi connectivity index (χ4v) is 3.11. The van der Waals surface area contributed by atoms with Crippen molar-refractivity contribution < 1.29 is 9.05 Å². The Kier molecular flexibility index (Phi) is 6.09. The lowest BCUT2D eigenvalue weighted by Crippen LogP contribution is -1.98. The number of hydrogen-bond acceptors (Lipinski definition) is 2. The zero-order chi connectivity index (χ0) is 14.9. The van der Waals surface area contributed by atoms with Gasteiger partial charge in [-0.1, -0.05) is 43.3 Å². The van der Waals surface area contributed by atoms with Crippen LogP contribution in [0.15, 0.2) is 77.8 Å². The van der Waals surface area contributed by atoms with Gasteiger partial charge in [0.15, 0.2) is 0 Å². The summed E-state index contributed by atoms with van der Waals surface area (Å²) in [5.74, 6) is 1.62. The zero-order valence-corrected chi connectivity index (χ0v) is 13.2. The Hall–Kier alpha value is -2.01. The molecule has 0 spiro atoms. The van der Waals surface area contributed by atoms with E-state index in [-0.39, 0.29) is 0 Å². The van der Waals surface area contributed by atoms with Gasteiger partial charge in [-0.25, -0.2) is 0 Å². The molecule has 0 fully saturated rings. The highest BCUT2D eigenvalue weighted by Crippen LogP contribution is 2.48. The molecule has 0 heterocycles. The van der Waals surface area contributed by atoms with Crippen LogP contribution in [0, 0.1) is 0 Å². The quantitative estimate of drug-likeness (QED) is 0.486. The fourth-order valence-electron chi connectivity index (χ4n) is 1.73. The summed E-state index contributed by atoms with van der Waals surface area (Å²) in [4.78, 5) is 0. The van der Waals surface area contributed by atoms with E-state index in [4.69, 9.17) is 9.05 Å². The molecule has 2 aromatic carbocycles. The molecule has 21 heavy (non-hydrogen) atoms. The molecular formula is C18H19O2P. The maximum atomic E-state index is 6.05. The van der Waals surface area contributed by atoms with E-state index >= 15 is 0 Å². The Morgan fingerprint density at radius 1 is 0.952 bits per heavy atom. The molecular weight excluding hydrogens is 279 g/mol. The molecule has 2 aromatic rings. The monoisotopic (exact) mass is 298 g/mol. The van der Waals surface area contributed by atoms with Crippen molar-refractivity contribution in [1.29, 1.82) is 0 Å². The van der Waals surface area contributed by atoms with E-state index in [9.17, 15) is 0 Å². The molecule has 0 N–H and O–H groups in total. The number of benzene rings is 2. The maximum Gasteiger partial charge on any atom is 0.330 e. The van der Waals surface area contributed by atoms with Crippen molar-refractivity contribution in [3.63, 3.8) is 0 Å². The topological polar surface area (TPSA) is 18.5 Å². The zero-order valence-electron chi connectivity index (χ0n) is 12.3. The molecule has 0 aliphatic rings. The molecule has 3 heteroatoms. The van der Waals surface area contributed by atoms with Crippen molar-refractivity contribution in [3.8, 4) is 11.5 Å². The van der Waals surface area contributed by atoms with E-state index < -0.39 is 8.38 Å². The Bertz CT molecular complexity index is 560. The predicted octanol–water partition coefficient (Wildman–Crippen LogP) is 5.93. The van der Waals surface area contributed by atoms with Gasteiger partial charge in [-0.05, 0) is 43.7 Å². The van der Waals surface area contributed by atoms with Crippen molar-refractivity contribution in [2.45, 2.75) is 20.3 Å².